The van der Waals surface area contributed by atoms with Gasteiger partial charge in [-0.25, -0.2) is 0 Å². The molecule has 3 aromatic carbocycles. The van der Waals surface area contributed by atoms with Gasteiger partial charge >= 0.3 is 0 Å². The number of hydrazine groups is 1. The standard InChI is InChI=1S/C26H19BrCl2N2O4S2/c1-2-34-21-12-16(10-18(27)23(21)35-14-15-8-9-19(28)20(29)11-15)13-22-25(33)31(26(36)37-22)30-24(32)17-6-4-3-5-7-17/h3-13H,2,14H2,1H3,(H,30,32). The second-order valence-corrected chi connectivity index (χ2v) is 11.0. The number of amides is 2. The smallest absolute Gasteiger partial charge is 0.285 e. The molecule has 11 heteroatoms. The van der Waals surface area contributed by atoms with Gasteiger partial charge in [0.2, 0.25) is 0 Å². The van der Waals surface area contributed by atoms with E-state index in [1.807, 2.05) is 19.1 Å². The van der Waals surface area contributed by atoms with Crippen LogP contribution in [-0.4, -0.2) is 27.8 Å². The van der Waals surface area contributed by atoms with Crippen molar-refractivity contribution < 1.29 is 19.1 Å². The van der Waals surface area contributed by atoms with Crippen molar-refractivity contribution in [1.82, 2.24) is 10.4 Å². The molecular weight excluding hydrogens is 619 g/mol. The summed E-state index contributed by atoms with van der Waals surface area (Å²) in [6.45, 7) is 2.52. The van der Waals surface area contributed by atoms with Crippen LogP contribution in [0.2, 0.25) is 10.0 Å². The van der Waals surface area contributed by atoms with Crippen molar-refractivity contribution in [3.63, 3.8) is 0 Å². The highest BCUT2D eigenvalue weighted by Gasteiger charge is 2.34. The fourth-order valence-electron chi connectivity index (χ4n) is 3.33. The molecule has 0 radical (unpaired) electrons. The first-order valence-electron chi connectivity index (χ1n) is 10.9. The van der Waals surface area contributed by atoms with Crippen LogP contribution in [0.4, 0.5) is 0 Å². The number of hydrogen-bond acceptors (Lipinski definition) is 6. The molecule has 1 fully saturated rings. The van der Waals surface area contributed by atoms with Crippen LogP contribution in [0.15, 0.2) is 70.0 Å². The van der Waals surface area contributed by atoms with Gasteiger partial charge in [0.05, 0.1) is 26.0 Å². The van der Waals surface area contributed by atoms with E-state index in [1.165, 1.54) is 0 Å². The highest BCUT2D eigenvalue weighted by molar-refractivity contribution is 9.10. The molecule has 1 saturated heterocycles. The molecule has 4 rings (SSSR count). The SMILES string of the molecule is CCOc1cc(C=C2SC(=S)N(NC(=O)c3ccccc3)C2=O)cc(Br)c1OCc1ccc(Cl)c(Cl)c1. The van der Waals surface area contributed by atoms with Gasteiger partial charge in [-0.15, -0.1) is 0 Å². The van der Waals surface area contributed by atoms with Crippen molar-refractivity contribution in [3.05, 3.63) is 96.8 Å². The fourth-order valence-corrected chi connectivity index (χ4v) is 5.40. The van der Waals surface area contributed by atoms with Crippen molar-refractivity contribution in [2.75, 3.05) is 6.61 Å². The van der Waals surface area contributed by atoms with Gasteiger partial charge in [-0.2, -0.15) is 5.01 Å². The lowest BCUT2D eigenvalue weighted by Crippen LogP contribution is -2.44. The van der Waals surface area contributed by atoms with Gasteiger partial charge in [-0.05, 0) is 88.7 Å². The van der Waals surface area contributed by atoms with Crippen molar-refractivity contribution >= 4 is 85.3 Å². The fraction of sp³-hybridized carbons (Fsp3) is 0.115. The maximum atomic E-state index is 13.0. The Bertz CT molecular complexity index is 1400. The van der Waals surface area contributed by atoms with Gasteiger partial charge in [0.1, 0.15) is 6.61 Å². The van der Waals surface area contributed by atoms with Crippen LogP contribution in [0.5, 0.6) is 11.5 Å². The molecule has 6 nitrogen and oxygen atoms in total. The van der Waals surface area contributed by atoms with Gasteiger partial charge < -0.3 is 9.47 Å². The van der Waals surface area contributed by atoms with Gasteiger partial charge in [0.15, 0.2) is 15.8 Å². The number of carbonyl (C=O) groups excluding carboxylic acids is 2. The summed E-state index contributed by atoms with van der Waals surface area (Å²) in [4.78, 5) is 25.9. The summed E-state index contributed by atoms with van der Waals surface area (Å²) in [5.74, 6) is 0.153. The molecule has 0 atom stereocenters. The van der Waals surface area contributed by atoms with Gasteiger partial charge in [-0.1, -0.05) is 59.2 Å². The zero-order chi connectivity index (χ0) is 26.5. The molecule has 3 aromatic rings. The van der Waals surface area contributed by atoms with E-state index in [4.69, 9.17) is 44.9 Å². The van der Waals surface area contributed by atoms with Gasteiger partial charge in [0.25, 0.3) is 11.8 Å². The summed E-state index contributed by atoms with van der Waals surface area (Å²) in [6.07, 6.45) is 1.68. The summed E-state index contributed by atoms with van der Waals surface area (Å²) in [5, 5.41) is 1.99. The van der Waals surface area contributed by atoms with E-state index >= 15 is 0 Å². The minimum Gasteiger partial charge on any atom is -0.490 e. The van der Waals surface area contributed by atoms with Crippen LogP contribution in [0.1, 0.15) is 28.4 Å². The molecule has 1 heterocycles. The van der Waals surface area contributed by atoms with E-state index in [9.17, 15) is 9.59 Å². The lowest BCUT2D eigenvalue weighted by Gasteiger charge is -2.16. The minimum absolute atomic E-state index is 0.228. The van der Waals surface area contributed by atoms with E-state index < -0.39 is 11.8 Å². The van der Waals surface area contributed by atoms with E-state index in [0.717, 1.165) is 22.3 Å². The molecule has 0 bridgehead atoms. The Morgan fingerprint density at radius 1 is 1.11 bits per heavy atom. The summed E-state index contributed by atoms with van der Waals surface area (Å²) in [5.41, 5.74) is 4.52. The number of rotatable bonds is 8. The van der Waals surface area contributed by atoms with Crippen LogP contribution >= 0.6 is 63.1 Å². The number of halogens is 3. The molecule has 0 saturated carbocycles. The predicted octanol–water partition coefficient (Wildman–Crippen LogP) is 7.28. The molecule has 0 unspecified atom stereocenters. The molecule has 1 aliphatic heterocycles. The monoisotopic (exact) mass is 636 g/mol. The van der Waals surface area contributed by atoms with Crippen molar-refractivity contribution in [2.24, 2.45) is 0 Å². The number of nitrogens with zero attached hydrogens (tertiary/aromatic N) is 1. The Morgan fingerprint density at radius 2 is 1.86 bits per heavy atom. The van der Waals surface area contributed by atoms with Crippen LogP contribution < -0.4 is 14.9 Å². The largest absolute Gasteiger partial charge is 0.490 e. The summed E-state index contributed by atoms with van der Waals surface area (Å²) in [6, 6.07) is 17.5. The second-order valence-electron chi connectivity index (χ2n) is 7.62. The van der Waals surface area contributed by atoms with Crippen molar-refractivity contribution in [1.29, 1.82) is 0 Å². The third kappa shape index (κ3) is 6.66. The number of thioether (sulfide) groups is 1. The number of benzene rings is 3. The summed E-state index contributed by atoms with van der Waals surface area (Å²) >= 11 is 22.1. The maximum absolute atomic E-state index is 13.0. The average molecular weight is 638 g/mol. The predicted molar refractivity (Wildman–Crippen MR) is 155 cm³/mol. The van der Waals surface area contributed by atoms with Crippen LogP contribution in [0, 0.1) is 0 Å². The zero-order valence-electron chi connectivity index (χ0n) is 19.3. The van der Waals surface area contributed by atoms with E-state index in [0.29, 0.717) is 48.7 Å². The number of nitrogens with one attached hydrogen (secondary N) is 1. The van der Waals surface area contributed by atoms with Crippen LogP contribution in [0.25, 0.3) is 6.08 Å². The summed E-state index contributed by atoms with van der Waals surface area (Å²) in [7, 11) is 0. The highest BCUT2D eigenvalue weighted by atomic mass is 79.9. The van der Waals surface area contributed by atoms with Gasteiger partial charge in [-0.3, -0.25) is 15.0 Å². The number of hydrogen-bond donors (Lipinski definition) is 1. The lowest BCUT2D eigenvalue weighted by molar-refractivity contribution is -0.123. The molecule has 1 N–H and O–H groups in total. The van der Waals surface area contributed by atoms with Gasteiger partial charge in [0, 0.05) is 5.56 Å². The molecule has 190 valence electrons. The second kappa shape index (κ2) is 12.3. The average Bonchev–Trinajstić information content (AvgIpc) is 3.13. The quantitative estimate of drug-likeness (QED) is 0.207. The van der Waals surface area contributed by atoms with Crippen molar-refractivity contribution in [2.45, 2.75) is 13.5 Å². The highest BCUT2D eigenvalue weighted by Crippen LogP contribution is 2.40. The minimum atomic E-state index is -0.428. The lowest BCUT2D eigenvalue weighted by atomic mass is 10.1. The third-order valence-electron chi connectivity index (χ3n) is 5.04. The Kier molecular flexibility index (Phi) is 9.15. The third-order valence-corrected chi connectivity index (χ3v) is 7.67. The zero-order valence-corrected chi connectivity index (χ0v) is 24.0. The molecule has 0 aliphatic carbocycles. The van der Waals surface area contributed by atoms with E-state index in [2.05, 4.69) is 21.4 Å². The first-order chi connectivity index (χ1) is 17.8. The molecule has 37 heavy (non-hydrogen) atoms. The molecule has 0 aromatic heterocycles. The Morgan fingerprint density at radius 3 is 2.57 bits per heavy atom. The molecule has 1 aliphatic rings. The number of carbonyl (C=O) groups is 2. The molecule has 2 amide bonds. The Hall–Kier alpha value is -2.56. The first-order valence-corrected chi connectivity index (χ1v) is 13.7. The van der Waals surface area contributed by atoms with E-state index in [-0.39, 0.29) is 10.9 Å². The molecule has 0 spiro atoms. The maximum Gasteiger partial charge on any atom is 0.285 e. The Balaban J connectivity index is 1.53. The van der Waals surface area contributed by atoms with Crippen LogP contribution in [-0.2, 0) is 11.4 Å². The topological polar surface area (TPSA) is 67.9 Å². The van der Waals surface area contributed by atoms with Crippen LogP contribution in [0.3, 0.4) is 0 Å². The number of thiocarbonyl (C=S) groups is 1. The first kappa shape index (κ1) is 27.5. The molecular formula is C26H19BrCl2N2O4S2. The van der Waals surface area contributed by atoms with Crippen molar-refractivity contribution in [3.8, 4) is 11.5 Å². The normalized spacial score (nSPS) is 14.3. The van der Waals surface area contributed by atoms with E-state index in [1.54, 1.807) is 54.6 Å². The summed E-state index contributed by atoms with van der Waals surface area (Å²) < 4.78 is 12.7. The number of ether oxygens (including phenoxy) is 2. The Labute approximate surface area is 242 Å².